The average molecular weight is 413 g/mol. The normalized spacial score (nSPS) is 12.6. The van der Waals surface area contributed by atoms with Gasteiger partial charge in [0.05, 0.1) is 18.8 Å². The molecule has 0 aliphatic heterocycles. The lowest BCUT2D eigenvalue weighted by molar-refractivity contribution is -0.137. The average Bonchev–Trinajstić information content (AvgIpc) is 2.66. The smallest absolute Gasteiger partial charge is 0.416 e. The van der Waals surface area contributed by atoms with E-state index in [1.54, 1.807) is 11.8 Å². The molecule has 0 heterocycles. The number of thioether (sulfide) groups is 1. The van der Waals surface area contributed by atoms with E-state index in [2.05, 4.69) is 19.1 Å². The first-order valence-corrected chi connectivity index (χ1v) is 10.5. The zero-order valence-electron chi connectivity index (χ0n) is 16.5. The molecule has 0 N–H and O–H groups in total. The SMILES string of the molecule is CCCC(COc1ccc(C(F)(F)F)cc1)CSc1ccc(OCC)c(C)c1. The van der Waals surface area contributed by atoms with Crippen LogP contribution in [0.5, 0.6) is 11.5 Å². The van der Waals surface area contributed by atoms with Crippen LogP contribution >= 0.6 is 11.8 Å². The van der Waals surface area contributed by atoms with Gasteiger partial charge in [-0.2, -0.15) is 13.2 Å². The highest BCUT2D eigenvalue weighted by atomic mass is 32.2. The van der Waals surface area contributed by atoms with Crippen LogP contribution in [0.25, 0.3) is 0 Å². The number of hydrogen-bond donors (Lipinski definition) is 0. The first kappa shape index (κ1) is 22.5. The fourth-order valence-corrected chi connectivity index (χ4v) is 3.94. The van der Waals surface area contributed by atoms with Crippen LogP contribution < -0.4 is 9.47 Å². The molecule has 0 saturated carbocycles. The summed E-state index contributed by atoms with van der Waals surface area (Å²) in [5.41, 5.74) is 0.450. The first-order chi connectivity index (χ1) is 13.3. The molecule has 1 atom stereocenters. The second-order valence-corrected chi connectivity index (χ2v) is 7.75. The highest BCUT2D eigenvalue weighted by Crippen LogP contribution is 2.31. The molecule has 0 fully saturated rings. The van der Waals surface area contributed by atoms with E-state index in [9.17, 15) is 13.2 Å². The molecular formula is C22H27F3O2S. The van der Waals surface area contributed by atoms with E-state index >= 15 is 0 Å². The predicted molar refractivity (Wildman–Crippen MR) is 108 cm³/mol. The molecule has 2 aromatic rings. The maximum absolute atomic E-state index is 12.6. The van der Waals surface area contributed by atoms with Gasteiger partial charge in [-0.25, -0.2) is 0 Å². The number of benzene rings is 2. The van der Waals surface area contributed by atoms with Crippen molar-refractivity contribution in [3.05, 3.63) is 53.6 Å². The van der Waals surface area contributed by atoms with Crippen molar-refractivity contribution in [3.63, 3.8) is 0 Å². The van der Waals surface area contributed by atoms with Crippen LogP contribution in [0.4, 0.5) is 13.2 Å². The Morgan fingerprint density at radius 3 is 2.29 bits per heavy atom. The number of rotatable bonds is 10. The standard InChI is InChI=1S/C22H27F3O2S/c1-4-6-17(14-27-19-9-7-18(8-10-19)22(23,24)25)15-28-20-11-12-21(26-5-2)16(3)13-20/h7-13,17H,4-6,14-15H2,1-3H3. The molecule has 154 valence electrons. The van der Waals surface area contributed by atoms with Crippen LogP contribution in [0, 0.1) is 12.8 Å². The largest absolute Gasteiger partial charge is 0.494 e. The zero-order chi connectivity index (χ0) is 20.6. The Labute approximate surface area is 169 Å². The van der Waals surface area contributed by atoms with Crippen LogP contribution in [-0.4, -0.2) is 19.0 Å². The van der Waals surface area contributed by atoms with Crippen LogP contribution in [-0.2, 0) is 6.18 Å². The maximum Gasteiger partial charge on any atom is 0.416 e. The molecule has 2 rings (SSSR count). The third-order valence-corrected chi connectivity index (χ3v) is 5.52. The number of alkyl halides is 3. The van der Waals surface area contributed by atoms with Gasteiger partial charge < -0.3 is 9.47 Å². The summed E-state index contributed by atoms with van der Waals surface area (Å²) in [6.45, 7) is 7.26. The van der Waals surface area contributed by atoms with Crippen LogP contribution in [0.2, 0.25) is 0 Å². The molecule has 2 nitrogen and oxygen atoms in total. The van der Waals surface area contributed by atoms with Crippen molar-refractivity contribution in [1.29, 1.82) is 0 Å². The fourth-order valence-electron chi connectivity index (χ4n) is 2.82. The molecule has 0 spiro atoms. The lowest BCUT2D eigenvalue weighted by Crippen LogP contribution is -2.14. The molecule has 0 bridgehead atoms. The Balaban J connectivity index is 1.90. The molecule has 0 saturated heterocycles. The Bertz CT molecular complexity index is 730. The van der Waals surface area contributed by atoms with Gasteiger partial charge in [0.15, 0.2) is 0 Å². The molecule has 6 heteroatoms. The summed E-state index contributed by atoms with van der Waals surface area (Å²) in [5, 5.41) is 0. The molecule has 0 amide bonds. The Hall–Kier alpha value is -1.82. The summed E-state index contributed by atoms with van der Waals surface area (Å²) in [5.74, 6) is 2.59. The summed E-state index contributed by atoms with van der Waals surface area (Å²) in [7, 11) is 0. The third-order valence-electron chi connectivity index (χ3n) is 4.30. The minimum Gasteiger partial charge on any atom is -0.494 e. The fraction of sp³-hybridized carbons (Fsp3) is 0.455. The van der Waals surface area contributed by atoms with Gasteiger partial charge in [-0.05, 0) is 68.3 Å². The van der Waals surface area contributed by atoms with Gasteiger partial charge in [-0.3, -0.25) is 0 Å². The minimum atomic E-state index is -4.32. The number of hydrogen-bond acceptors (Lipinski definition) is 3. The lowest BCUT2D eigenvalue weighted by atomic mass is 10.1. The second-order valence-electron chi connectivity index (χ2n) is 6.66. The molecule has 28 heavy (non-hydrogen) atoms. The monoisotopic (exact) mass is 412 g/mol. The summed E-state index contributed by atoms with van der Waals surface area (Å²) in [6.07, 6.45) is -2.29. The van der Waals surface area contributed by atoms with E-state index in [0.29, 0.717) is 24.9 Å². The number of halogens is 3. The van der Waals surface area contributed by atoms with Crippen molar-refractivity contribution in [2.75, 3.05) is 19.0 Å². The van der Waals surface area contributed by atoms with Crippen molar-refractivity contribution >= 4 is 11.8 Å². The quantitative estimate of drug-likeness (QED) is 0.391. The topological polar surface area (TPSA) is 18.5 Å². The van der Waals surface area contributed by atoms with Crippen molar-refractivity contribution in [1.82, 2.24) is 0 Å². The summed E-state index contributed by atoms with van der Waals surface area (Å²) in [6, 6.07) is 11.1. The highest BCUT2D eigenvalue weighted by Gasteiger charge is 2.30. The van der Waals surface area contributed by atoms with Crippen molar-refractivity contribution < 1.29 is 22.6 Å². The molecule has 0 aliphatic carbocycles. The van der Waals surface area contributed by atoms with Gasteiger partial charge in [-0.1, -0.05) is 13.3 Å². The van der Waals surface area contributed by atoms with E-state index in [-0.39, 0.29) is 0 Å². The van der Waals surface area contributed by atoms with Gasteiger partial charge in [0.25, 0.3) is 0 Å². The number of ether oxygens (including phenoxy) is 2. The van der Waals surface area contributed by atoms with E-state index in [0.717, 1.165) is 42.0 Å². The second kappa shape index (κ2) is 10.6. The zero-order valence-corrected chi connectivity index (χ0v) is 17.3. The van der Waals surface area contributed by atoms with Gasteiger partial charge in [0, 0.05) is 16.6 Å². The van der Waals surface area contributed by atoms with Crippen LogP contribution in [0.1, 0.15) is 37.8 Å². The molecular weight excluding hydrogens is 385 g/mol. The molecule has 0 aliphatic rings. The number of aryl methyl sites for hydroxylation is 1. The predicted octanol–water partition coefficient (Wildman–Crippen LogP) is 7.00. The summed E-state index contributed by atoms with van der Waals surface area (Å²) in [4.78, 5) is 1.18. The van der Waals surface area contributed by atoms with Crippen molar-refractivity contribution in [3.8, 4) is 11.5 Å². The van der Waals surface area contributed by atoms with E-state index in [1.165, 1.54) is 17.0 Å². The third kappa shape index (κ3) is 6.97. The van der Waals surface area contributed by atoms with Crippen molar-refractivity contribution in [2.45, 2.75) is 44.7 Å². The van der Waals surface area contributed by atoms with E-state index < -0.39 is 11.7 Å². The van der Waals surface area contributed by atoms with E-state index in [4.69, 9.17) is 9.47 Å². The molecule has 0 radical (unpaired) electrons. The molecule has 2 aromatic carbocycles. The summed E-state index contributed by atoms with van der Waals surface area (Å²) < 4.78 is 49.2. The van der Waals surface area contributed by atoms with Crippen LogP contribution in [0.3, 0.4) is 0 Å². The Kier molecular flexibility index (Phi) is 8.55. The van der Waals surface area contributed by atoms with Gasteiger partial charge in [0.2, 0.25) is 0 Å². The van der Waals surface area contributed by atoms with Gasteiger partial charge >= 0.3 is 6.18 Å². The Morgan fingerprint density at radius 1 is 1.00 bits per heavy atom. The molecule has 1 unspecified atom stereocenters. The summed E-state index contributed by atoms with van der Waals surface area (Å²) >= 11 is 1.77. The lowest BCUT2D eigenvalue weighted by Gasteiger charge is -2.17. The van der Waals surface area contributed by atoms with Gasteiger partial charge in [-0.15, -0.1) is 11.8 Å². The van der Waals surface area contributed by atoms with Gasteiger partial charge in [0.1, 0.15) is 11.5 Å². The Morgan fingerprint density at radius 2 is 1.71 bits per heavy atom. The maximum atomic E-state index is 12.6. The molecule has 0 aromatic heterocycles. The van der Waals surface area contributed by atoms with Crippen LogP contribution in [0.15, 0.2) is 47.4 Å². The van der Waals surface area contributed by atoms with Crippen molar-refractivity contribution in [2.24, 2.45) is 5.92 Å². The first-order valence-electron chi connectivity index (χ1n) is 9.49. The van der Waals surface area contributed by atoms with E-state index in [1.807, 2.05) is 19.9 Å². The minimum absolute atomic E-state index is 0.323. The highest BCUT2D eigenvalue weighted by molar-refractivity contribution is 7.99.